The monoisotopic (exact) mass is 369 g/mol. The van der Waals surface area contributed by atoms with E-state index in [9.17, 15) is 0 Å². The summed E-state index contributed by atoms with van der Waals surface area (Å²) in [7, 11) is 0. The van der Waals surface area contributed by atoms with Crippen LogP contribution in [0.25, 0.3) is 0 Å². The van der Waals surface area contributed by atoms with Crippen molar-refractivity contribution in [1.29, 1.82) is 0 Å². The van der Waals surface area contributed by atoms with Crippen molar-refractivity contribution in [3.63, 3.8) is 0 Å². The summed E-state index contributed by atoms with van der Waals surface area (Å²) in [5, 5.41) is 3.39. The van der Waals surface area contributed by atoms with E-state index in [1.165, 1.54) is 11.9 Å². The zero-order valence-electron chi connectivity index (χ0n) is 10.6. The Hall–Kier alpha value is -1.21. The third-order valence-corrected chi connectivity index (χ3v) is 3.28. The molecule has 100 valence electrons. The predicted octanol–water partition coefficient (Wildman–Crippen LogP) is 2.64. The molecule has 1 N–H and O–H groups in total. The summed E-state index contributed by atoms with van der Waals surface area (Å²) in [6.45, 7) is 2.48. The molecule has 0 atom stereocenters. The Labute approximate surface area is 126 Å². The van der Waals surface area contributed by atoms with Gasteiger partial charge in [-0.3, -0.25) is 0 Å². The van der Waals surface area contributed by atoms with Crippen molar-refractivity contribution in [2.75, 3.05) is 13.2 Å². The number of ether oxygens (including phenoxy) is 1. The van der Waals surface area contributed by atoms with Crippen molar-refractivity contribution in [2.45, 2.75) is 13.0 Å². The summed E-state index contributed by atoms with van der Waals surface area (Å²) in [5.41, 5.74) is 1.30. The normalized spacial score (nSPS) is 10.4. The van der Waals surface area contributed by atoms with E-state index in [0.29, 0.717) is 12.5 Å². The molecular formula is C14H16IN3O. The number of hydrogen-bond donors (Lipinski definition) is 1. The van der Waals surface area contributed by atoms with Gasteiger partial charge in [0.05, 0.1) is 10.2 Å². The van der Waals surface area contributed by atoms with Crippen molar-refractivity contribution < 1.29 is 4.74 Å². The quantitative estimate of drug-likeness (QED) is 0.602. The molecular weight excluding hydrogens is 353 g/mol. The molecule has 2 rings (SSSR count). The van der Waals surface area contributed by atoms with Crippen molar-refractivity contribution in [3.05, 3.63) is 52.0 Å². The Kier molecular flexibility index (Phi) is 6.03. The molecule has 0 saturated heterocycles. The molecule has 19 heavy (non-hydrogen) atoms. The van der Waals surface area contributed by atoms with Crippen molar-refractivity contribution in [3.8, 4) is 5.88 Å². The number of halogens is 1. The molecule has 0 bridgehead atoms. The van der Waals surface area contributed by atoms with E-state index < -0.39 is 0 Å². The Morgan fingerprint density at radius 2 is 2.05 bits per heavy atom. The predicted molar refractivity (Wildman–Crippen MR) is 83.0 cm³/mol. The standard InChI is InChI=1S/C14H16IN3O/c15-13-10-17-11-18-14(13)19-8-4-7-16-9-12-5-2-1-3-6-12/h1-3,5-6,10-11,16H,4,7-9H2. The molecule has 0 unspecified atom stereocenters. The first-order valence-electron chi connectivity index (χ1n) is 6.19. The third-order valence-electron chi connectivity index (χ3n) is 2.54. The molecule has 5 heteroatoms. The first-order valence-corrected chi connectivity index (χ1v) is 7.27. The molecule has 0 amide bonds. The molecule has 2 aromatic rings. The number of benzene rings is 1. The maximum absolute atomic E-state index is 5.59. The van der Waals surface area contributed by atoms with E-state index >= 15 is 0 Å². The van der Waals surface area contributed by atoms with Gasteiger partial charge in [-0.25, -0.2) is 9.97 Å². The summed E-state index contributed by atoms with van der Waals surface area (Å²) in [4.78, 5) is 8.01. The maximum atomic E-state index is 5.59. The topological polar surface area (TPSA) is 47.0 Å². The van der Waals surface area contributed by atoms with Gasteiger partial charge in [0, 0.05) is 12.7 Å². The van der Waals surface area contributed by atoms with Gasteiger partial charge in [-0.1, -0.05) is 30.3 Å². The van der Waals surface area contributed by atoms with E-state index in [1.54, 1.807) is 6.20 Å². The van der Waals surface area contributed by atoms with Gasteiger partial charge in [-0.15, -0.1) is 0 Å². The highest BCUT2D eigenvalue weighted by Gasteiger charge is 2.00. The van der Waals surface area contributed by atoms with Crippen LogP contribution in [0, 0.1) is 3.57 Å². The number of aromatic nitrogens is 2. The molecule has 1 heterocycles. The van der Waals surface area contributed by atoms with Crippen LogP contribution in [0.2, 0.25) is 0 Å². The summed E-state index contributed by atoms with van der Waals surface area (Å²) in [6, 6.07) is 10.4. The Morgan fingerprint density at radius 3 is 2.84 bits per heavy atom. The second kappa shape index (κ2) is 8.06. The Balaban J connectivity index is 1.59. The highest BCUT2D eigenvalue weighted by molar-refractivity contribution is 14.1. The lowest BCUT2D eigenvalue weighted by atomic mass is 10.2. The van der Waals surface area contributed by atoms with Crippen LogP contribution in [0.1, 0.15) is 12.0 Å². The SMILES string of the molecule is Ic1cncnc1OCCCNCc1ccccc1. The van der Waals surface area contributed by atoms with Gasteiger partial charge in [0.25, 0.3) is 0 Å². The Morgan fingerprint density at radius 1 is 1.21 bits per heavy atom. The van der Waals surface area contributed by atoms with E-state index in [4.69, 9.17) is 4.74 Å². The van der Waals surface area contributed by atoms with E-state index in [-0.39, 0.29) is 0 Å². The van der Waals surface area contributed by atoms with Crippen LogP contribution in [-0.2, 0) is 6.54 Å². The van der Waals surface area contributed by atoms with Gasteiger partial charge >= 0.3 is 0 Å². The first-order chi connectivity index (χ1) is 9.36. The lowest BCUT2D eigenvalue weighted by Gasteiger charge is -2.07. The number of nitrogens with zero attached hydrogens (tertiary/aromatic N) is 2. The average Bonchev–Trinajstić information content (AvgIpc) is 2.45. The van der Waals surface area contributed by atoms with Crippen LogP contribution < -0.4 is 10.1 Å². The van der Waals surface area contributed by atoms with Crippen LogP contribution in [0.3, 0.4) is 0 Å². The van der Waals surface area contributed by atoms with Gasteiger partial charge in [0.2, 0.25) is 5.88 Å². The minimum Gasteiger partial charge on any atom is -0.477 e. The van der Waals surface area contributed by atoms with Gasteiger partial charge in [0.1, 0.15) is 6.33 Å². The fourth-order valence-electron chi connectivity index (χ4n) is 1.60. The zero-order chi connectivity index (χ0) is 13.3. The molecule has 1 aromatic heterocycles. The lowest BCUT2D eigenvalue weighted by Crippen LogP contribution is -2.17. The smallest absolute Gasteiger partial charge is 0.230 e. The number of rotatable bonds is 7. The van der Waals surface area contributed by atoms with Gasteiger partial charge in [0.15, 0.2) is 0 Å². The molecule has 0 spiro atoms. The highest BCUT2D eigenvalue weighted by Crippen LogP contribution is 2.14. The van der Waals surface area contributed by atoms with E-state index in [2.05, 4.69) is 62.1 Å². The minimum atomic E-state index is 0.662. The molecule has 0 aliphatic rings. The summed E-state index contributed by atoms with van der Waals surface area (Å²) in [5.74, 6) is 0.665. The Bertz CT molecular complexity index is 493. The van der Waals surface area contributed by atoms with Crippen LogP contribution in [0.15, 0.2) is 42.9 Å². The fraction of sp³-hybridized carbons (Fsp3) is 0.286. The third kappa shape index (κ3) is 5.12. The van der Waals surface area contributed by atoms with Crippen molar-refractivity contribution >= 4 is 22.6 Å². The maximum Gasteiger partial charge on any atom is 0.230 e. The van der Waals surface area contributed by atoms with Crippen LogP contribution in [0.4, 0.5) is 0 Å². The molecule has 0 radical (unpaired) electrons. The summed E-state index contributed by atoms with van der Waals surface area (Å²) in [6.07, 6.45) is 4.20. The van der Waals surface area contributed by atoms with Crippen LogP contribution in [0.5, 0.6) is 5.88 Å². The van der Waals surface area contributed by atoms with Gasteiger partial charge in [-0.05, 0) is 41.1 Å². The second-order valence-corrected chi connectivity index (χ2v) is 5.20. The number of nitrogens with one attached hydrogen (secondary N) is 1. The number of hydrogen-bond acceptors (Lipinski definition) is 4. The molecule has 0 aliphatic carbocycles. The molecule has 0 aliphatic heterocycles. The van der Waals surface area contributed by atoms with E-state index in [1.807, 2.05) is 6.07 Å². The molecule has 4 nitrogen and oxygen atoms in total. The van der Waals surface area contributed by atoms with Gasteiger partial charge in [-0.2, -0.15) is 0 Å². The molecule has 0 fully saturated rings. The zero-order valence-corrected chi connectivity index (χ0v) is 12.7. The molecule has 0 saturated carbocycles. The van der Waals surface area contributed by atoms with E-state index in [0.717, 1.165) is 23.1 Å². The van der Waals surface area contributed by atoms with Crippen LogP contribution in [-0.4, -0.2) is 23.1 Å². The summed E-state index contributed by atoms with van der Waals surface area (Å²) >= 11 is 2.17. The van der Waals surface area contributed by atoms with Crippen molar-refractivity contribution in [2.24, 2.45) is 0 Å². The van der Waals surface area contributed by atoms with Crippen molar-refractivity contribution in [1.82, 2.24) is 15.3 Å². The molecule has 1 aromatic carbocycles. The average molecular weight is 369 g/mol. The summed E-state index contributed by atoms with van der Waals surface area (Å²) < 4.78 is 6.53. The first kappa shape index (κ1) is 14.2. The fourth-order valence-corrected chi connectivity index (χ4v) is 2.06. The van der Waals surface area contributed by atoms with Crippen LogP contribution >= 0.6 is 22.6 Å². The second-order valence-electron chi connectivity index (χ2n) is 4.04. The largest absolute Gasteiger partial charge is 0.477 e. The van der Waals surface area contributed by atoms with Gasteiger partial charge < -0.3 is 10.1 Å². The highest BCUT2D eigenvalue weighted by atomic mass is 127. The lowest BCUT2D eigenvalue weighted by molar-refractivity contribution is 0.294. The minimum absolute atomic E-state index is 0.662.